The molecule has 8 heteroatoms. The SMILES string of the molecule is COC(=O)[C@H](CO)NS(=O)(=O)c1cccc2c(N(C)C)cccc12. The Bertz CT molecular complexity index is 849. The van der Waals surface area contributed by atoms with Gasteiger partial charge in [0.25, 0.3) is 0 Å². The van der Waals surface area contributed by atoms with Gasteiger partial charge in [0.05, 0.1) is 18.6 Å². The number of benzene rings is 2. The molecule has 0 spiro atoms. The highest BCUT2D eigenvalue weighted by Crippen LogP contribution is 2.30. The van der Waals surface area contributed by atoms with Gasteiger partial charge >= 0.3 is 5.97 Å². The third kappa shape index (κ3) is 3.50. The largest absolute Gasteiger partial charge is 0.468 e. The van der Waals surface area contributed by atoms with Gasteiger partial charge in [0.2, 0.25) is 10.0 Å². The molecule has 0 aliphatic heterocycles. The summed E-state index contributed by atoms with van der Waals surface area (Å²) in [6.45, 7) is -0.695. The van der Waals surface area contributed by atoms with Crippen molar-refractivity contribution in [2.24, 2.45) is 0 Å². The Morgan fingerprint density at radius 3 is 2.42 bits per heavy atom. The number of methoxy groups -OCH3 is 1. The molecule has 2 N–H and O–H groups in total. The minimum atomic E-state index is -4.03. The van der Waals surface area contributed by atoms with E-state index >= 15 is 0 Å². The van der Waals surface area contributed by atoms with Crippen molar-refractivity contribution in [3.63, 3.8) is 0 Å². The van der Waals surface area contributed by atoms with Crippen molar-refractivity contribution in [2.75, 3.05) is 32.7 Å². The number of aliphatic hydroxyl groups excluding tert-OH is 1. The van der Waals surface area contributed by atoms with E-state index in [-0.39, 0.29) is 4.90 Å². The van der Waals surface area contributed by atoms with Crippen LogP contribution in [-0.4, -0.2) is 53.3 Å². The van der Waals surface area contributed by atoms with E-state index in [0.29, 0.717) is 5.39 Å². The second-order valence-electron chi connectivity index (χ2n) is 5.40. The predicted octanol–water partition coefficient (Wildman–Crippen LogP) is 0.718. The number of anilines is 1. The fraction of sp³-hybridized carbons (Fsp3) is 0.312. The maximum absolute atomic E-state index is 12.7. The van der Waals surface area contributed by atoms with Crippen molar-refractivity contribution < 1.29 is 23.1 Å². The molecule has 0 saturated heterocycles. The number of nitrogens with one attached hydrogen (secondary N) is 1. The molecule has 0 heterocycles. The summed E-state index contributed by atoms with van der Waals surface area (Å²) in [7, 11) is 0.837. The number of nitrogens with zero attached hydrogens (tertiary/aromatic N) is 1. The van der Waals surface area contributed by atoms with Gasteiger partial charge in [0.1, 0.15) is 6.04 Å². The molecular formula is C16H20N2O5S. The van der Waals surface area contributed by atoms with Gasteiger partial charge in [0.15, 0.2) is 0 Å². The molecule has 0 aliphatic carbocycles. The van der Waals surface area contributed by atoms with Crippen molar-refractivity contribution in [2.45, 2.75) is 10.9 Å². The second kappa shape index (κ2) is 7.16. The molecule has 7 nitrogen and oxygen atoms in total. The molecule has 0 fully saturated rings. The Morgan fingerprint density at radius 1 is 1.21 bits per heavy atom. The van der Waals surface area contributed by atoms with Gasteiger partial charge in [-0.15, -0.1) is 0 Å². The van der Waals surface area contributed by atoms with Crippen molar-refractivity contribution >= 4 is 32.5 Å². The Labute approximate surface area is 140 Å². The zero-order valence-corrected chi connectivity index (χ0v) is 14.5. The number of sulfonamides is 1. The minimum Gasteiger partial charge on any atom is -0.468 e. The summed E-state index contributed by atoms with van der Waals surface area (Å²) in [5, 5.41) is 10.5. The van der Waals surface area contributed by atoms with E-state index in [9.17, 15) is 18.3 Å². The minimum absolute atomic E-state index is 0.0334. The summed E-state index contributed by atoms with van der Waals surface area (Å²) in [6, 6.07) is 8.91. The Hall–Kier alpha value is -2.16. The number of carbonyl (C=O) groups is 1. The maximum Gasteiger partial charge on any atom is 0.326 e. The van der Waals surface area contributed by atoms with Crippen LogP contribution in [0, 0.1) is 0 Å². The molecule has 130 valence electrons. The third-order valence-corrected chi connectivity index (χ3v) is 5.13. The zero-order valence-electron chi connectivity index (χ0n) is 13.7. The average Bonchev–Trinajstić information content (AvgIpc) is 2.57. The molecule has 0 unspecified atom stereocenters. The van der Waals surface area contributed by atoms with Crippen LogP contribution in [0.3, 0.4) is 0 Å². The normalized spacial score (nSPS) is 12.8. The maximum atomic E-state index is 12.7. The lowest BCUT2D eigenvalue weighted by Crippen LogP contribution is -2.43. The first-order valence-electron chi connectivity index (χ1n) is 7.22. The fourth-order valence-electron chi connectivity index (χ4n) is 2.44. The molecule has 0 aromatic heterocycles. The molecule has 2 aromatic carbocycles. The summed E-state index contributed by atoms with van der Waals surface area (Å²) >= 11 is 0. The third-order valence-electron chi connectivity index (χ3n) is 3.60. The van der Waals surface area contributed by atoms with Crippen LogP contribution in [0.4, 0.5) is 5.69 Å². The number of rotatable bonds is 6. The van der Waals surface area contributed by atoms with E-state index < -0.39 is 28.6 Å². The topological polar surface area (TPSA) is 95.9 Å². The van der Waals surface area contributed by atoms with Gasteiger partial charge in [-0.25, -0.2) is 8.42 Å². The summed E-state index contributed by atoms with van der Waals surface area (Å²) in [5.74, 6) is -0.852. The zero-order chi connectivity index (χ0) is 17.9. The van der Waals surface area contributed by atoms with Crippen LogP contribution in [-0.2, 0) is 19.6 Å². The van der Waals surface area contributed by atoms with Gasteiger partial charge in [-0.1, -0.05) is 24.3 Å². The first kappa shape index (κ1) is 18.2. The summed E-state index contributed by atoms with van der Waals surface area (Å²) in [6.07, 6.45) is 0. The van der Waals surface area contributed by atoms with Crippen LogP contribution < -0.4 is 9.62 Å². The smallest absolute Gasteiger partial charge is 0.326 e. The lowest BCUT2D eigenvalue weighted by Gasteiger charge is -2.18. The van der Waals surface area contributed by atoms with Crippen LogP contribution in [0.25, 0.3) is 10.8 Å². The number of hydrogen-bond acceptors (Lipinski definition) is 6. The van der Waals surface area contributed by atoms with Crippen LogP contribution in [0.15, 0.2) is 41.3 Å². The highest BCUT2D eigenvalue weighted by atomic mass is 32.2. The van der Waals surface area contributed by atoms with Crippen LogP contribution in [0.1, 0.15) is 0 Å². The lowest BCUT2D eigenvalue weighted by molar-refractivity contribution is -0.143. The number of ether oxygens (including phenoxy) is 1. The predicted molar refractivity (Wildman–Crippen MR) is 91.5 cm³/mol. The van der Waals surface area contributed by atoms with Gasteiger partial charge in [-0.2, -0.15) is 4.72 Å². The Balaban J connectivity index is 2.55. The molecule has 24 heavy (non-hydrogen) atoms. The van der Waals surface area contributed by atoms with Gasteiger partial charge in [-0.3, -0.25) is 4.79 Å². The Morgan fingerprint density at radius 2 is 1.83 bits per heavy atom. The summed E-state index contributed by atoms with van der Waals surface area (Å²) in [5.41, 5.74) is 0.872. The van der Waals surface area contributed by atoms with E-state index in [1.165, 1.54) is 6.07 Å². The van der Waals surface area contributed by atoms with E-state index in [1.54, 1.807) is 18.2 Å². The Kier molecular flexibility index (Phi) is 5.43. The first-order chi connectivity index (χ1) is 11.3. The van der Waals surface area contributed by atoms with E-state index in [0.717, 1.165) is 18.2 Å². The number of aliphatic hydroxyl groups is 1. The van der Waals surface area contributed by atoms with E-state index in [4.69, 9.17) is 0 Å². The fourth-order valence-corrected chi connectivity index (χ4v) is 3.84. The molecule has 0 radical (unpaired) electrons. The van der Waals surface area contributed by atoms with Gasteiger partial charge in [-0.05, 0) is 12.1 Å². The number of hydrogen-bond donors (Lipinski definition) is 2. The molecule has 0 saturated carbocycles. The molecule has 1 atom stereocenters. The average molecular weight is 352 g/mol. The summed E-state index contributed by atoms with van der Waals surface area (Å²) in [4.78, 5) is 13.5. The molecule has 2 rings (SSSR count). The first-order valence-corrected chi connectivity index (χ1v) is 8.70. The second-order valence-corrected chi connectivity index (χ2v) is 7.08. The van der Waals surface area contributed by atoms with Crippen molar-refractivity contribution in [1.82, 2.24) is 4.72 Å². The van der Waals surface area contributed by atoms with Crippen LogP contribution in [0.2, 0.25) is 0 Å². The molecule has 0 amide bonds. The molecule has 0 aliphatic rings. The van der Waals surface area contributed by atoms with Gasteiger partial charge < -0.3 is 14.7 Å². The molecule has 2 aromatic rings. The highest BCUT2D eigenvalue weighted by molar-refractivity contribution is 7.89. The van der Waals surface area contributed by atoms with E-state index in [1.807, 2.05) is 31.1 Å². The summed E-state index contributed by atoms with van der Waals surface area (Å²) < 4.78 is 32.0. The standard InChI is InChI=1S/C16H20N2O5S/c1-18(2)14-8-4-7-12-11(14)6-5-9-15(12)24(21,22)17-13(10-19)16(20)23-3/h4-9,13,17,19H,10H2,1-3H3/t13-/m0/s1. The van der Waals surface area contributed by atoms with E-state index in [2.05, 4.69) is 9.46 Å². The van der Waals surface area contributed by atoms with Crippen molar-refractivity contribution in [1.29, 1.82) is 0 Å². The van der Waals surface area contributed by atoms with Crippen molar-refractivity contribution in [3.05, 3.63) is 36.4 Å². The number of carbonyl (C=O) groups excluding carboxylic acids is 1. The quantitative estimate of drug-likeness (QED) is 0.744. The highest BCUT2D eigenvalue weighted by Gasteiger charge is 2.27. The lowest BCUT2D eigenvalue weighted by atomic mass is 10.1. The van der Waals surface area contributed by atoms with Gasteiger partial charge in [0, 0.05) is 30.6 Å². The monoisotopic (exact) mass is 352 g/mol. The number of fused-ring (bicyclic) bond motifs is 1. The van der Waals surface area contributed by atoms with Crippen molar-refractivity contribution in [3.8, 4) is 0 Å². The van der Waals surface area contributed by atoms with Crippen LogP contribution in [0.5, 0.6) is 0 Å². The van der Waals surface area contributed by atoms with Crippen LogP contribution >= 0.6 is 0 Å². The number of esters is 1. The molecular weight excluding hydrogens is 332 g/mol. The molecule has 0 bridgehead atoms.